The molecule has 0 aromatic heterocycles. The van der Waals surface area contributed by atoms with Gasteiger partial charge in [-0.2, -0.15) is 0 Å². The van der Waals surface area contributed by atoms with E-state index in [0.29, 0.717) is 17.1 Å². The van der Waals surface area contributed by atoms with Gasteiger partial charge in [-0.25, -0.2) is 132 Å². The van der Waals surface area contributed by atoms with Crippen LogP contribution in [-0.2, 0) is 0 Å². The van der Waals surface area contributed by atoms with Crippen molar-refractivity contribution < 1.29 is 132 Å². The van der Waals surface area contributed by atoms with Gasteiger partial charge in [0.2, 0.25) is 20.1 Å². The van der Waals surface area contributed by atoms with Gasteiger partial charge in [0.25, 0.3) is 0 Å². The molecule has 0 amide bonds. The van der Waals surface area contributed by atoms with Crippen LogP contribution < -0.4 is 48.3 Å². The average Bonchev–Trinajstić information content (AvgIpc) is 0.363. The molecule has 1 saturated heterocycles. The average molecular weight is 1470 g/mol. The first-order valence-electron chi connectivity index (χ1n) is 27.9. The predicted octanol–water partition coefficient (Wildman–Crippen LogP) is 12.7. The lowest BCUT2D eigenvalue weighted by molar-refractivity contribution is 0.382. The van der Waals surface area contributed by atoms with Gasteiger partial charge in [-0.05, 0) is 17.0 Å². The van der Waals surface area contributed by atoms with Crippen molar-refractivity contribution >= 4 is 92.7 Å². The second kappa shape index (κ2) is 27.2. The Kier molecular flexibility index (Phi) is 20.0. The number of hydrogen-bond acceptors (Lipinski definition) is 0. The maximum Gasteiger partial charge on any atom is 0.249 e. The molecular weight excluding hydrogens is 1440 g/mol. The van der Waals surface area contributed by atoms with E-state index in [1.54, 1.807) is 0 Å². The molecule has 36 heteroatoms. The Morgan fingerprint density at radius 3 is 0.434 bits per heavy atom. The molecule has 510 valence electrons. The van der Waals surface area contributed by atoms with Crippen molar-refractivity contribution in [3.8, 4) is 0 Å². The Hall–Kier alpha value is -9.05. The summed E-state index contributed by atoms with van der Waals surface area (Å²) in [6.07, 6.45) is 0. The van der Waals surface area contributed by atoms with E-state index in [4.69, 9.17) is 0 Å². The Morgan fingerprint density at radius 2 is 0.303 bits per heavy atom. The summed E-state index contributed by atoms with van der Waals surface area (Å²) in [5.74, 6) is -89.2. The standard InChI is InChI=1S/C63H27B3F30Si3/c67-34-28(35(68)47(80)58(91)46(34)79)64(29-36(69)48(81)59(92)49(82)37(29)70)16-19-97(25-10-4-1-5-11-25)22-98(26-12-6-2-7-13-26,20-17-65(30-38(71)50(83)60(93)51(84)39(30)72)31-40(73)52(85)61(94)53(86)41(31)74)24-99(23-97,27-14-8-3-9-15-27)21-18-66(32-42(75)54(87)62(95)55(88)43(32)76)33-44(77)56(89)63(96)57(90)45(33)78/h1-21H,22-24H2/b19-16+,20-17+,21-18+. The smallest absolute Gasteiger partial charge is 0.204 e. The first-order chi connectivity index (χ1) is 46.5. The number of hydrogen-bond donors (Lipinski definition) is 0. The van der Waals surface area contributed by atoms with Crippen molar-refractivity contribution in [3.63, 3.8) is 0 Å². The van der Waals surface area contributed by atoms with E-state index in [-0.39, 0.29) is 33.5 Å². The summed E-state index contributed by atoms with van der Waals surface area (Å²) in [5.41, 5.74) is -15.4. The van der Waals surface area contributed by atoms with Crippen LogP contribution in [0.4, 0.5) is 132 Å². The molecule has 0 bridgehead atoms. The van der Waals surface area contributed by atoms with Crippen LogP contribution in [0, 0.1) is 175 Å². The fourth-order valence-electron chi connectivity index (χ4n) is 12.7. The zero-order chi connectivity index (χ0) is 72.7. The molecule has 0 radical (unpaired) electrons. The van der Waals surface area contributed by atoms with Gasteiger partial charge in [0, 0.05) is 32.8 Å². The first-order valence-corrected chi connectivity index (χ1v) is 35.3. The molecule has 1 heterocycles. The van der Waals surface area contributed by atoms with E-state index < -0.39 is 269 Å². The number of benzene rings is 9. The van der Waals surface area contributed by atoms with Crippen molar-refractivity contribution in [1.82, 2.24) is 0 Å². The zero-order valence-corrected chi connectivity index (χ0v) is 51.3. The minimum Gasteiger partial charge on any atom is -0.204 e. The zero-order valence-electron chi connectivity index (χ0n) is 48.3. The molecule has 9 aromatic rings. The molecule has 0 spiro atoms. The van der Waals surface area contributed by atoms with Crippen molar-refractivity contribution in [2.45, 2.75) is 17.0 Å². The Morgan fingerprint density at radius 1 is 0.182 bits per heavy atom. The van der Waals surface area contributed by atoms with Gasteiger partial charge in [0.15, 0.2) is 175 Å². The highest BCUT2D eigenvalue weighted by Crippen LogP contribution is 2.43. The van der Waals surface area contributed by atoms with Crippen LogP contribution in [-0.4, -0.2) is 44.4 Å². The maximum absolute atomic E-state index is 16.4. The fraction of sp³-hybridized carbons (Fsp3) is 0.0476. The van der Waals surface area contributed by atoms with Crippen molar-refractivity contribution in [2.75, 3.05) is 0 Å². The molecular formula is C63H27B3F30Si3. The highest BCUT2D eigenvalue weighted by Gasteiger charge is 2.58. The summed E-state index contributed by atoms with van der Waals surface area (Å²) in [6, 6.07) is 17.0. The van der Waals surface area contributed by atoms with Crippen LogP contribution >= 0.6 is 0 Å². The summed E-state index contributed by atoms with van der Waals surface area (Å²) in [4.78, 5) is 0. The van der Waals surface area contributed by atoms with E-state index >= 15 is 105 Å². The maximum atomic E-state index is 16.4. The molecule has 1 aliphatic heterocycles. The SMILES string of the molecule is Fc1c(F)c(F)c(B(/C=C/[Si]2(c3ccccc3)C[Si](/C=C/B(c3c(F)c(F)c(F)c(F)c3F)c3c(F)c(F)c(F)c(F)c3F)(c3ccccc3)C[Si](/C=C/B(c3c(F)c(F)c(F)c(F)c3F)c3c(F)c(F)c(F)c(F)c3F)(c3ccccc3)C2)c2c(F)c(F)c(F)c(F)c2F)c(F)c1F. The number of halogens is 30. The molecule has 0 aliphatic carbocycles. The molecule has 0 nitrogen and oxygen atoms in total. The summed E-state index contributed by atoms with van der Waals surface area (Å²) < 4.78 is 472. The van der Waals surface area contributed by atoms with Crippen molar-refractivity contribution in [3.05, 3.63) is 301 Å². The molecule has 0 atom stereocenters. The summed E-state index contributed by atoms with van der Waals surface area (Å²) >= 11 is 0. The Bertz CT molecular complexity index is 4020. The van der Waals surface area contributed by atoms with Crippen molar-refractivity contribution in [2.24, 2.45) is 0 Å². The van der Waals surface area contributed by atoms with E-state index in [2.05, 4.69) is 0 Å². The third-order valence-corrected chi connectivity index (χ3v) is 39.2. The van der Waals surface area contributed by atoms with E-state index in [0.717, 1.165) is 72.8 Å². The van der Waals surface area contributed by atoms with Gasteiger partial charge in [0.1, 0.15) is 24.2 Å². The molecule has 0 saturated carbocycles. The second-order valence-corrected chi connectivity index (χ2v) is 36.4. The largest absolute Gasteiger partial charge is 0.249 e. The van der Waals surface area contributed by atoms with Gasteiger partial charge in [-0.3, -0.25) is 0 Å². The molecule has 0 unspecified atom stereocenters. The normalized spacial score (nSPS) is 17.3. The molecule has 99 heavy (non-hydrogen) atoms. The van der Waals surface area contributed by atoms with Gasteiger partial charge in [-0.15, -0.1) is 35.0 Å². The van der Waals surface area contributed by atoms with E-state index in [9.17, 15) is 26.3 Å². The van der Waals surface area contributed by atoms with Gasteiger partial charge >= 0.3 is 0 Å². The van der Waals surface area contributed by atoms with E-state index in [1.807, 2.05) is 0 Å². The molecule has 9 aromatic carbocycles. The summed E-state index contributed by atoms with van der Waals surface area (Å²) in [5, 5.41) is -0.822. The lowest BCUT2D eigenvalue weighted by atomic mass is 9.40. The molecule has 0 N–H and O–H groups in total. The summed E-state index contributed by atoms with van der Waals surface area (Å²) in [7, 11) is -15.8. The van der Waals surface area contributed by atoms with Crippen LogP contribution in [0.5, 0.6) is 0 Å². The first kappa shape index (κ1) is 72.7. The topological polar surface area (TPSA) is 0 Å². The number of rotatable bonds is 15. The van der Waals surface area contributed by atoms with Crippen LogP contribution in [0.1, 0.15) is 0 Å². The lowest BCUT2D eigenvalue weighted by Gasteiger charge is -2.52. The van der Waals surface area contributed by atoms with Crippen LogP contribution in [0.2, 0.25) is 17.0 Å². The molecule has 1 fully saturated rings. The Labute approximate surface area is 540 Å². The minimum absolute atomic E-state index is 0.113. The van der Waals surface area contributed by atoms with Crippen LogP contribution in [0.25, 0.3) is 0 Å². The van der Waals surface area contributed by atoms with Crippen LogP contribution in [0.15, 0.2) is 126 Å². The second-order valence-electron chi connectivity index (χ2n) is 22.5. The van der Waals surface area contributed by atoms with Gasteiger partial charge in [-0.1, -0.05) is 107 Å². The van der Waals surface area contributed by atoms with Crippen molar-refractivity contribution in [1.29, 1.82) is 0 Å². The highest BCUT2D eigenvalue weighted by molar-refractivity contribution is 7.27. The monoisotopic (exact) mass is 1470 g/mol. The minimum atomic E-state index is -5.26. The van der Waals surface area contributed by atoms with Gasteiger partial charge < -0.3 is 0 Å². The third kappa shape index (κ3) is 12.0. The van der Waals surface area contributed by atoms with Gasteiger partial charge in [0.05, 0.1) is 0 Å². The third-order valence-electron chi connectivity index (χ3n) is 17.1. The summed E-state index contributed by atoms with van der Waals surface area (Å²) in [6.45, 7) is -10.5. The Balaban J connectivity index is 1.44. The highest BCUT2D eigenvalue weighted by atomic mass is 28.5. The molecule has 1 aliphatic rings. The quantitative estimate of drug-likeness (QED) is 0.0415. The van der Waals surface area contributed by atoms with E-state index in [1.165, 1.54) is 18.2 Å². The fourth-order valence-corrected chi connectivity index (χ4v) is 43.6. The predicted molar refractivity (Wildman–Crippen MR) is 310 cm³/mol. The molecule has 10 rings (SSSR count). The lowest BCUT2D eigenvalue weighted by Crippen LogP contribution is -2.72. The van der Waals surface area contributed by atoms with Crippen LogP contribution in [0.3, 0.4) is 0 Å².